The van der Waals surface area contributed by atoms with Crippen molar-refractivity contribution in [1.29, 1.82) is 0 Å². The van der Waals surface area contributed by atoms with Crippen LogP contribution in [0.3, 0.4) is 0 Å². The minimum absolute atomic E-state index is 0.0957. The second-order valence-corrected chi connectivity index (χ2v) is 9.86. The highest BCUT2D eigenvalue weighted by Crippen LogP contribution is 2.31. The van der Waals surface area contributed by atoms with Gasteiger partial charge in [0.15, 0.2) is 5.78 Å². The van der Waals surface area contributed by atoms with Crippen LogP contribution in [0.2, 0.25) is 0 Å². The van der Waals surface area contributed by atoms with E-state index in [9.17, 15) is 4.79 Å². The molecule has 0 bridgehead atoms. The number of hydrogen-bond acceptors (Lipinski definition) is 4. The Hall–Kier alpha value is -3.57. The summed E-state index contributed by atoms with van der Waals surface area (Å²) in [4.78, 5) is 22.2. The molecule has 2 atom stereocenters. The molecule has 2 N–H and O–H groups in total. The molecule has 2 unspecified atom stereocenters. The number of anilines is 2. The van der Waals surface area contributed by atoms with Gasteiger partial charge in [0.2, 0.25) is 0 Å². The van der Waals surface area contributed by atoms with Gasteiger partial charge in [-0.3, -0.25) is 9.69 Å². The number of nitrogens with zero attached hydrogens (tertiary/aromatic N) is 2. The molecule has 1 fully saturated rings. The van der Waals surface area contributed by atoms with Crippen molar-refractivity contribution in [3.8, 4) is 0 Å². The highest BCUT2D eigenvalue weighted by atomic mass is 16.1. The lowest BCUT2D eigenvalue weighted by Gasteiger charge is -2.44. The number of hydrogen-bond donors (Lipinski definition) is 2. The van der Waals surface area contributed by atoms with Gasteiger partial charge in [0.1, 0.15) is 0 Å². The number of aromatic amines is 1. The first-order valence-electron chi connectivity index (χ1n) is 12.7. The Morgan fingerprint density at radius 2 is 1.71 bits per heavy atom. The number of piperazine rings is 1. The van der Waals surface area contributed by atoms with E-state index < -0.39 is 0 Å². The molecule has 3 aromatic carbocycles. The van der Waals surface area contributed by atoms with Gasteiger partial charge in [-0.05, 0) is 49.6 Å². The van der Waals surface area contributed by atoms with Gasteiger partial charge in [-0.2, -0.15) is 0 Å². The standard InChI is InChI=1S/C30H32N4O/c1-21-9-11-23(12-10-21)30(35)29(27-14-13-22-5-2-3-6-25(22)32-27)34-19-17-33(18-20-34)28-8-4-7-26-24(28)15-16-31-26/h2-12,15-16,27,29,31-32H,13-14,17-20H2,1H3. The summed E-state index contributed by atoms with van der Waals surface area (Å²) in [5.74, 6) is 0.225. The van der Waals surface area contributed by atoms with Gasteiger partial charge < -0.3 is 15.2 Å². The van der Waals surface area contributed by atoms with Gasteiger partial charge >= 0.3 is 0 Å². The molecule has 1 aromatic heterocycles. The first-order valence-corrected chi connectivity index (χ1v) is 12.7. The SMILES string of the molecule is Cc1ccc(C(=O)C(C2CCc3ccccc3N2)N2CCN(c3cccc4[nH]ccc34)CC2)cc1. The lowest BCUT2D eigenvalue weighted by molar-refractivity contribution is 0.0771. The second-order valence-electron chi connectivity index (χ2n) is 9.86. The number of carbonyl (C=O) groups is 1. The van der Waals surface area contributed by atoms with Gasteiger partial charge in [-0.25, -0.2) is 0 Å². The molecule has 0 saturated carbocycles. The molecule has 4 aromatic rings. The van der Waals surface area contributed by atoms with Crippen LogP contribution in [-0.2, 0) is 6.42 Å². The lowest BCUT2D eigenvalue weighted by Crippen LogP contribution is -2.58. The molecule has 1 saturated heterocycles. The van der Waals surface area contributed by atoms with E-state index >= 15 is 0 Å². The summed E-state index contributed by atoms with van der Waals surface area (Å²) in [5.41, 5.74) is 6.94. The number of aryl methyl sites for hydroxylation is 2. The van der Waals surface area contributed by atoms with E-state index in [1.807, 2.05) is 30.5 Å². The fourth-order valence-electron chi connectivity index (χ4n) is 5.78. The molecule has 0 aliphatic carbocycles. The highest BCUT2D eigenvalue weighted by Gasteiger charge is 2.37. The lowest BCUT2D eigenvalue weighted by atomic mass is 9.88. The fourth-order valence-corrected chi connectivity index (χ4v) is 5.78. The van der Waals surface area contributed by atoms with Crippen LogP contribution < -0.4 is 10.2 Å². The number of carbonyl (C=O) groups excluding carboxylic acids is 1. The topological polar surface area (TPSA) is 51.4 Å². The number of nitrogens with one attached hydrogen (secondary N) is 2. The van der Waals surface area contributed by atoms with E-state index in [0.29, 0.717) is 0 Å². The Kier molecular flexibility index (Phi) is 5.78. The van der Waals surface area contributed by atoms with Crippen LogP contribution >= 0.6 is 0 Å². The zero-order valence-corrected chi connectivity index (χ0v) is 20.2. The molecule has 0 amide bonds. The molecule has 3 heterocycles. The highest BCUT2D eigenvalue weighted by molar-refractivity contribution is 6.01. The van der Waals surface area contributed by atoms with Crippen molar-refractivity contribution in [1.82, 2.24) is 9.88 Å². The molecule has 5 heteroatoms. The van der Waals surface area contributed by atoms with E-state index in [-0.39, 0.29) is 17.9 Å². The molecule has 0 radical (unpaired) electrons. The molecule has 0 spiro atoms. The van der Waals surface area contributed by atoms with Crippen LogP contribution in [0.15, 0.2) is 79.0 Å². The summed E-state index contributed by atoms with van der Waals surface area (Å²) >= 11 is 0. The minimum atomic E-state index is -0.184. The molecule has 2 aliphatic rings. The Morgan fingerprint density at radius 1 is 0.914 bits per heavy atom. The van der Waals surface area contributed by atoms with E-state index in [0.717, 1.165) is 44.6 Å². The van der Waals surface area contributed by atoms with Crippen molar-refractivity contribution in [2.75, 3.05) is 36.4 Å². The van der Waals surface area contributed by atoms with Crippen molar-refractivity contribution < 1.29 is 4.79 Å². The first-order chi connectivity index (χ1) is 17.2. The normalized spacial score (nSPS) is 19.2. The van der Waals surface area contributed by atoms with Crippen molar-refractivity contribution >= 4 is 28.1 Å². The predicted molar refractivity (Wildman–Crippen MR) is 144 cm³/mol. The van der Waals surface area contributed by atoms with Crippen LogP contribution in [0.5, 0.6) is 0 Å². The number of fused-ring (bicyclic) bond motifs is 2. The average molecular weight is 465 g/mol. The average Bonchev–Trinajstić information content (AvgIpc) is 3.39. The van der Waals surface area contributed by atoms with Crippen LogP contribution in [-0.4, -0.2) is 53.9 Å². The smallest absolute Gasteiger partial charge is 0.182 e. The predicted octanol–water partition coefficient (Wildman–Crippen LogP) is 5.28. The molecule has 178 valence electrons. The van der Waals surface area contributed by atoms with Gasteiger partial charge in [0.05, 0.1) is 6.04 Å². The zero-order valence-electron chi connectivity index (χ0n) is 20.2. The van der Waals surface area contributed by atoms with Crippen molar-refractivity contribution in [2.45, 2.75) is 31.8 Å². The fraction of sp³-hybridized carbons (Fsp3) is 0.300. The Bertz CT molecular complexity index is 1330. The number of rotatable bonds is 5. The third-order valence-electron chi connectivity index (χ3n) is 7.69. The number of H-pyrrole nitrogens is 1. The number of ketones is 1. The first kappa shape index (κ1) is 21.9. The maximum Gasteiger partial charge on any atom is 0.182 e. The van der Waals surface area contributed by atoms with Crippen molar-refractivity contribution in [2.24, 2.45) is 0 Å². The van der Waals surface area contributed by atoms with Gasteiger partial charge in [0, 0.05) is 66.3 Å². The summed E-state index contributed by atoms with van der Waals surface area (Å²) < 4.78 is 0. The molecule has 35 heavy (non-hydrogen) atoms. The molecule has 6 rings (SSSR count). The monoisotopic (exact) mass is 464 g/mol. The van der Waals surface area contributed by atoms with Crippen LogP contribution in [0.25, 0.3) is 10.9 Å². The molecular formula is C30H32N4O. The summed E-state index contributed by atoms with van der Waals surface area (Å²) in [6.45, 7) is 5.61. The Balaban J connectivity index is 1.26. The summed E-state index contributed by atoms with van der Waals surface area (Å²) in [6, 6.07) is 25.1. The third-order valence-corrected chi connectivity index (χ3v) is 7.69. The second kappa shape index (κ2) is 9.23. The van der Waals surface area contributed by atoms with Gasteiger partial charge in [-0.1, -0.05) is 54.1 Å². The van der Waals surface area contributed by atoms with E-state index in [4.69, 9.17) is 0 Å². The Labute approximate surface area is 206 Å². The number of benzene rings is 3. The summed E-state index contributed by atoms with van der Waals surface area (Å²) in [6.07, 6.45) is 3.97. The minimum Gasteiger partial charge on any atom is -0.380 e. The zero-order chi connectivity index (χ0) is 23.8. The Morgan fingerprint density at radius 3 is 2.54 bits per heavy atom. The molecular weight excluding hydrogens is 432 g/mol. The van der Waals surface area contributed by atoms with Gasteiger partial charge in [-0.15, -0.1) is 0 Å². The number of aromatic nitrogens is 1. The third kappa shape index (κ3) is 4.21. The van der Waals surface area contributed by atoms with Crippen molar-refractivity contribution in [3.63, 3.8) is 0 Å². The number of para-hydroxylation sites is 1. The van der Waals surface area contributed by atoms with E-state index in [2.05, 4.69) is 75.6 Å². The largest absolute Gasteiger partial charge is 0.380 e. The van der Waals surface area contributed by atoms with E-state index in [1.54, 1.807) is 0 Å². The quantitative estimate of drug-likeness (QED) is 0.395. The van der Waals surface area contributed by atoms with E-state index in [1.165, 1.54) is 33.4 Å². The van der Waals surface area contributed by atoms with Gasteiger partial charge in [0.25, 0.3) is 0 Å². The molecule has 5 nitrogen and oxygen atoms in total. The number of Topliss-reactive ketones (excluding diaryl/α,β-unsaturated/α-hetero) is 1. The van der Waals surface area contributed by atoms with Crippen molar-refractivity contribution in [3.05, 3.63) is 95.7 Å². The maximum absolute atomic E-state index is 14.0. The van der Waals surface area contributed by atoms with Crippen LogP contribution in [0.1, 0.15) is 27.9 Å². The maximum atomic E-state index is 14.0. The van der Waals surface area contributed by atoms with Crippen LogP contribution in [0, 0.1) is 6.92 Å². The summed E-state index contributed by atoms with van der Waals surface area (Å²) in [5, 5.41) is 5.00. The van der Waals surface area contributed by atoms with Crippen LogP contribution in [0.4, 0.5) is 11.4 Å². The summed E-state index contributed by atoms with van der Waals surface area (Å²) in [7, 11) is 0. The molecule has 2 aliphatic heterocycles.